The van der Waals surface area contributed by atoms with Crippen LogP contribution in [0.2, 0.25) is 5.02 Å². The van der Waals surface area contributed by atoms with Crippen molar-refractivity contribution >= 4 is 29.1 Å². The van der Waals surface area contributed by atoms with Crippen molar-refractivity contribution in [3.05, 3.63) is 64.3 Å². The van der Waals surface area contributed by atoms with Gasteiger partial charge < -0.3 is 10.1 Å². The number of hydrogen-bond acceptors (Lipinski definition) is 3. The molecule has 0 bridgehead atoms. The largest absolute Gasteiger partial charge is 0.467 e. The van der Waals surface area contributed by atoms with E-state index in [4.69, 9.17) is 27.9 Å². The molecule has 1 aliphatic carbocycles. The van der Waals surface area contributed by atoms with E-state index in [1.807, 2.05) is 18.2 Å². The summed E-state index contributed by atoms with van der Waals surface area (Å²) in [6, 6.07) is 7.00. The van der Waals surface area contributed by atoms with Crippen LogP contribution in [0.15, 0.2) is 53.6 Å². The Balaban J connectivity index is 1.61. The van der Waals surface area contributed by atoms with E-state index < -0.39 is 24.4 Å². The molecular formula is C20H18Cl2F3N3O2. The zero-order chi connectivity index (χ0) is 21.7. The van der Waals surface area contributed by atoms with Crippen molar-refractivity contribution in [2.45, 2.75) is 19.0 Å². The molecule has 0 radical (unpaired) electrons. The van der Waals surface area contributed by atoms with Crippen LogP contribution in [0, 0.1) is 5.92 Å². The predicted octanol–water partition coefficient (Wildman–Crippen LogP) is 5.13. The number of alkyl halides is 3. The number of aromatic nitrogens is 2. The van der Waals surface area contributed by atoms with Crippen molar-refractivity contribution in [3.63, 3.8) is 0 Å². The van der Waals surface area contributed by atoms with Gasteiger partial charge in [0, 0.05) is 17.6 Å². The van der Waals surface area contributed by atoms with Gasteiger partial charge in [0.25, 0.3) is 5.91 Å². The number of nitrogens with one attached hydrogen (secondary N) is 1. The molecule has 1 amide bonds. The zero-order valence-corrected chi connectivity index (χ0v) is 17.1. The second kappa shape index (κ2) is 9.57. The Morgan fingerprint density at radius 3 is 2.73 bits per heavy atom. The van der Waals surface area contributed by atoms with Gasteiger partial charge in [-0.1, -0.05) is 47.5 Å². The molecule has 0 fully saturated rings. The van der Waals surface area contributed by atoms with Crippen LogP contribution in [0.25, 0.3) is 5.69 Å². The predicted molar refractivity (Wildman–Crippen MR) is 108 cm³/mol. The molecule has 1 atom stereocenters. The molecule has 1 aromatic heterocycles. The van der Waals surface area contributed by atoms with Gasteiger partial charge in [-0.25, -0.2) is 0 Å². The fraction of sp³-hybridized carbons (Fsp3) is 0.300. The summed E-state index contributed by atoms with van der Waals surface area (Å²) in [5, 5.41) is 7.12. The van der Waals surface area contributed by atoms with Gasteiger partial charge in [-0.05, 0) is 37.0 Å². The first-order valence-electron chi connectivity index (χ1n) is 9.09. The Hall–Kier alpha value is -2.45. The van der Waals surface area contributed by atoms with Gasteiger partial charge in [0.15, 0.2) is 12.3 Å². The van der Waals surface area contributed by atoms with E-state index in [2.05, 4.69) is 10.4 Å². The molecule has 30 heavy (non-hydrogen) atoms. The molecule has 1 heterocycles. The lowest BCUT2D eigenvalue weighted by molar-refractivity contribution is -0.141. The van der Waals surface area contributed by atoms with E-state index in [0.717, 1.165) is 17.2 Å². The number of hydrogen-bond donors (Lipinski definition) is 1. The molecular weight excluding hydrogens is 442 g/mol. The molecule has 160 valence electrons. The van der Waals surface area contributed by atoms with Gasteiger partial charge in [-0.3, -0.25) is 4.79 Å². The van der Waals surface area contributed by atoms with Crippen LogP contribution in [0.3, 0.4) is 0 Å². The molecule has 2 aromatic rings. The van der Waals surface area contributed by atoms with E-state index in [0.29, 0.717) is 18.0 Å². The van der Waals surface area contributed by atoms with Gasteiger partial charge in [0.2, 0.25) is 5.88 Å². The molecule has 1 N–H and O–H groups in total. The molecule has 1 unspecified atom stereocenters. The van der Waals surface area contributed by atoms with Crippen molar-refractivity contribution in [1.82, 2.24) is 15.1 Å². The Morgan fingerprint density at radius 2 is 2.07 bits per heavy atom. The third-order valence-corrected chi connectivity index (χ3v) is 4.98. The number of rotatable bonds is 7. The second-order valence-corrected chi connectivity index (χ2v) is 7.44. The highest BCUT2D eigenvalue weighted by molar-refractivity contribution is 6.32. The van der Waals surface area contributed by atoms with Crippen molar-refractivity contribution in [1.29, 1.82) is 0 Å². The monoisotopic (exact) mass is 459 g/mol. The van der Waals surface area contributed by atoms with Crippen LogP contribution in [0.5, 0.6) is 5.88 Å². The summed E-state index contributed by atoms with van der Waals surface area (Å²) in [6.45, 7) is -0.0556. The van der Waals surface area contributed by atoms with Crippen LogP contribution in [-0.4, -0.2) is 28.8 Å². The van der Waals surface area contributed by atoms with Crippen molar-refractivity contribution in [3.8, 4) is 11.6 Å². The van der Waals surface area contributed by atoms with Crippen LogP contribution in [0.1, 0.15) is 18.5 Å². The summed E-state index contributed by atoms with van der Waals surface area (Å²) in [5.74, 6) is -0.422. The maximum absolute atomic E-state index is 13.1. The van der Waals surface area contributed by atoms with E-state index in [1.54, 1.807) is 12.1 Å². The number of nitrogens with zero attached hydrogens (tertiary/aromatic N) is 2. The average molecular weight is 460 g/mol. The topological polar surface area (TPSA) is 56.1 Å². The van der Waals surface area contributed by atoms with Crippen LogP contribution < -0.4 is 10.1 Å². The number of ether oxygens (including phenoxy) is 1. The summed E-state index contributed by atoms with van der Waals surface area (Å²) in [6.07, 6.45) is 2.53. The minimum Gasteiger partial charge on any atom is -0.467 e. The van der Waals surface area contributed by atoms with Crippen molar-refractivity contribution in [2.75, 3.05) is 13.2 Å². The Labute approximate surface area is 181 Å². The summed E-state index contributed by atoms with van der Waals surface area (Å²) in [5.41, 5.74) is -0.936. The van der Waals surface area contributed by atoms with Crippen LogP contribution in [0.4, 0.5) is 13.2 Å². The van der Waals surface area contributed by atoms with E-state index in [-0.39, 0.29) is 22.5 Å². The van der Waals surface area contributed by atoms with Crippen molar-refractivity contribution in [2.24, 2.45) is 5.92 Å². The normalized spacial score (nSPS) is 16.3. The molecule has 0 saturated carbocycles. The third-order valence-electron chi connectivity index (χ3n) is 4.38. The molecule has 1 aromatic carbocycles. The minimum atomic E-state index is -4.67. The number of benzene rings is 1. The lowest BCUT2D eigenvalue weighted by Gasteiger charge is -2.14. The average Bonchev–Trinajstić information content (AvgIpc) is 3.13. The lowest BCUT2D eigenvalue weighted by atomic mass is 9.97. The van der Waals surface area contributed by atoms with Crippen LogP contribution in [-0.2, 0) is 11.0 Å². The van der Waals surface area contributed by atoms with Gasteiger partial charge in [0.05, 0.1) is 10.7 Å². The molecule has 5 nitrogen and oxygen atoms in total. The van der Waals surface area contributed by atoms with Gasteiger partial charge in [0.1, 0.15) is 0 Å². The molecule has 3 rings (SSSR count). The first-order valence-corrected chi connectivity index (χ1v) is 9.85. The summed E-state index contributed by atoms with van der Waals surface area (Å²) >= 11 is 11.9. The van der Waals surface area contributed by atoms with Gasteiger partial charge in [-0.2, -0.15) is 23.0 Å². The maximum Gasteiger partial charge on any atom is 0.435 e. The molecule has 0 saturated heterocycles. The number of para-hydroxylation sites is 1. The van der Waals surface area contributed by atoms with E-state index >= 15 is 0 Å². The first-order chi connectivity index (χ1) is 14.2. The lowest BCUT2D eigenvalue weighted by Crippen LogP contribution is -2.30. The summed E-state index contributed by atoms with van der Waals surface area (Å²) in [7, 11) is 0. The van der Waals surface area contributed by atoms with Gasteiger partial charge >= 0.3 is 6.18 Å². The second-order valence-electron chi connectivity index (χ2n) is 6.60. The number of carbonyl (C=O) groups excluding carboxylic acids is 1. The Kier molecular flexibility index (Phi) is 7.10. The van der Waals surface area contributed by atoms with E-state index in [1.165, 1.54) is 12.1 Å². The van der Waals surface area contributed by atoms with Gasteiger partial charge in [-0.15, -0.1) is 0 Å². The highest BCUT2D eigenvalue weighted by Crippen LogP contribution is 2.33. The number of halogens is 5. The summed E-state index contributed by atoms with van der Waals surface area (Å²) < 4.78 is 45.6. The molecule has 1 aliphatic rings. The number of amides is 1. The number of carbonyl (C=O) groups is 1. The maximum atomic E-state index is 13.1. The fourth-order valence-corrected chi connectivity index (χ4v) is 3.22. The van der Waals surface area contributed by atoms with Crippen LogP contribution >= 0.6 is 23.2 Å². The summed E-state index contributed by atoms with van der Waals surface area (Å²) in [4.78, 5) is 12.1. The quantitative estimate of drug-likeness (QED) is 0.624. The minimum absolute atomic E-state index is 0.193. The molecule has 0 spiro atoms. The molecule has 10 heteroatoms. The Bertz CT molecular complexity index is 970. The van der Waals surface area contributed by atoms with Crippen molar-refractivity contribution < 1.29 is 22.7 Å². The standard InChI is InChI=1S/C20H18Cl2F3N3O2/c21-14-7-5-13(6-8-14)9-10-26-18(29)12-30-19-11-17(20(23,24)25)27-28(19)16-4-2-1-3-15(16)22/h1-5,7-8,11,13H,6,9-10,12H2,(H,26,29). The molecule has 0 aliphatic heterocycles. The van der Waals surface area contributed by atoms with E-state index in [9.17, 15) is 18.0 Å². The smallest absolute Gasteiger partial charge is 0.435 e. The highest BCUT2D eigenvalue weighted by atomic mass is 35.5. The fourth-order valence-electron chi connectivity index (χ4n) is 2.84. The SMILES string of the molecule is O=C(COc1cc(C(F)(F)F)nn1-c1ccccc1Cl)NCCC1C=CC(Cl)=CC1. The number of allylic oxidation sites excluding steroid dienone is 4. The third kappa shape index (κ3) is 5.79. The highest BCUT2D eigenvalue weighted by Gasteiger charge is 2.36. The Morgan fingerprint density at radius 1 is 1.30 bits per heavy atom. The first kappa shape index (κ1) is 22.2. The zero-order valence-electron chi connectivity index (χ0n) is 15.6.